The molecule has 0 amide bonds. The first kappa shape index (κ1) is 20.4. The number of rotatable bonds is 8. The second-order valence-electron chi connectivity index (χ2n) is 6.43. The Balaban J connectivity index is 1.59. The Bertz CT molecular complexity index is 1010. The van der Waals surface area contributed by atoms with Gasteiger partial charge < -0.3 is 9.32 Å². The minimum atomic E-state index is -3.72. The number of sulfonamides is 1. The van der Waals surface area contributed by atoms with E-state index >= 15 is 0 Å². The first-order chi connectivity index (χ1) is 13.3. The van der Waals surface area contributed by atoms with Gasteiger partial charge in [-0.25, -0.2) is 8.42 Å². The molecule has 11 heteroatoms. The van der Waals surface area contributed by atoms with Crippen molar-refractivity contribution in [1.82, 2.24) is 9.62 Å². The standard InChI is InChI=1S/C17H20N4O5S2/c1-20(2)10-13-4-5-14(26-13)11-27-8-7-18-17-15-9-12(21(22)23)3-6-16(15)28(24,25)19-17/h3-6,9H,7-8,10-11H2,1-2H3,(H,18,19). The molecule has 0 spiro atoms. The Kier molecular flexibility index (Phi) is 6.06. The fraction of sp³-hybridized carbons (Fsp3) is 0.353. The molecule has 9 nitrogen and oxygen atoms in total. The van der Waals surface area contributed by atoms with E-state index in [-0.39, 0.29) is 22.0 Å². The van der Waals surface area contributed by atoms with Gasteiger partial charge in [0.2, 0.25) is 0 Å². The predicted molar refractivity (Wildman–Crippen MR) is 107 cm³/mol. The zero-order chi connectivity index (χ0) is 20.3. The molecule has 0 atom stereocenters. The van der Waals surface area contributed by atoms with Gasteiger partial charge in [-0.15, -0.1) is 0 Å². The molecule has 28 heavy (non-hydrogen) atoms. The maximum Gasteiger partial charge on any atom is 0.270 e. The highest BCUT2D eigenvalue weighted by Crippen LogP contribution is 2.27. The first-order valence-corrected chi connectivity index (χ1v) is 11.1. The molecular formula is C17H20N4O5S2. The number of hydrogen-bond donors (Lipinski definition) is 1. The summed E-state index contributed by atoms with van der Waals surface area (Å²) in [6.45, 7) is 1.11. The number of fused-ring (bicyclic) bond motifs is 1. The summed E-state index contributed by atoms with van der Waals surface area (Å²) in [4.78, 5) is 16.7. The van der Waals surface area contributed by atoms with Gasteiger partial charge in [-0.2, -0.15) is 11.8 Å². The fourth-order valence-electron chi connectivity index (χ4n) is 2.70. The highest BCUT2D eigenvalue weighted by atomic mass is 32.2. The molecule has 0 radical (unpaired) electrons. The van der Waals surface area contributed by atoms with Crippen LogP contribution in [-0.2, 0) is 22.3 Å². The Morgan fingerprint density at radius 3 is 2.71 bits per heavy atom. The number of furan rings is 1. The number of nitrogens with zero attached hydrogens (tertiary/aromatic N) is 3. The van der Waals surface area contributed by atoms with Crippen molar-refractivity contribution in [2.24, 2.45) is 4.99 Å². The number of hydrogen-bond acceptors (Lipinski definition) is 8. The molecule has 150 valence electrons. The number of amidine groups is 1. The lowest BCUT2D eigenvalue weighted by molar-refractivity contribution is -0.384. The van der Waals surface area contributed by atoms with Gasteiger partial charge in [-0.3, -0.25) is 19.8 Å². The molecule has 0 fully saturated rings. The molecule has 3 rings (SSSR count). The molecule has 0 saturated heterocycles. The molecule has 1 aromatic heterocycles. The average molecular weight is 425 g/mol. The number of nitro benzene ring substituents is 1. The van der Waals surface area contributed by atoms with Crippen LogP contribution in [0.15, 0.2) is 44.6 Å². The van der Waals surface area contributed by atoms with Crippen molar-refractivity contribution in [1.29, 1.82) is 0 Å². The van der Waals surface area contributed by atoms with Crippen LogP contribution < -0.4 is 4.72 Å². The van der Waals surface area contributed by atoms with E-state index in [1.807, 2.05) is 31.1 Å². The van der Waals surface area contributed by atoms with Crippen LogP contribution in [-0.4, -0.2) is 50.5 Å². The van der Waals surface area contributed by atoms with Gasteiger partial charge >= 0.3 is 0 Å². The maximum atomic E-state index is 12.1. The lowest BCUT2D eigenvalue weighted by Gasteiger charge is -2.05. The number of nitrogens with one attached hydrogen (secondary N) is 1. The molecule has 1 N–H and O–H groups in total. The highest BCUT2D eigenvalue weighted by molar-refractivity contribution is 7.98. The van der Waals surface area contributed by atoms with Crippen LogP contribution in [0.5, 0.6) is 0 Å². The number of benzene rings is 1. The van der Waals surface area contributed by atoms with Crippen molar-refractivity contribution in [2.75, 3.05) is 26.4 Å². The monoisotopic (exact) mass is 424 g/mol. The van der Waals surface area contributed by atoms with E-state index in [9.17, 15) is 18.5 Å². The zero-order valence-electron chi connectivity index (χ0n) is 15.4. The summed E-state index contributed by atoms with van der Waals surface area (Å²) in [5.74, 6) is 3.26. The number of aliphatic imine (C=N–C) groups is 1. The van der Waals surface area contributed by atoms with Gasteiger partial charge in [0, 0.05) is 23.4 Å². The molecule has 0 saturated carbocycles. The van der Waals surface area contributed by atoms with Gasteiger partial charge in [-0.1, -0.05) is 0 Å². The van der Waals surface area contributed by atoms with Crippen molar-refractivity contribution in [2.45, 2.75) is 17.2 Å². The van der Waals surface area contributed by atoms with Crippen LogP contribution in [0.2, 0.25) is 0 Å². The summed E-state index contributed by atoms with van der Waals surface area (Å²) in [6.07, 6.45) is 0. The third kappa shape index (κ3) is 4.72. The second kappa shape index (κ2) is 8.33. The molecule has 1 aromatic carbocycles. The van der Waals surface area contributed by atoms with Gasteiger partial charge in [-0.05, 0) is 32.3 Å². The Labute approximate surface area is 167 Å². The van der Waals surface area contributed by atoms with Crippen LogP contribution in [0, 0.1) is 10.1 Å². The lowest BCUT2D eigenvalue weighted by Crippen LogP contribution is -2.22. The van der Waals surface area contributed by atoms with Crippen LogP contribution in [0.25, 0.3) is 0 Å². The SMILES string of the molecule is CN(C)Cc1ccc(CSCCN=C2NS(=O)(=O)c3ccc([N+](=O)[O-])cc32)o1. The largest absolute Gasteiger partial charge is 0.464 e. The quantitative estimate of drug-likeness (QED) is 0.392. The average Bonchev–Trinajstić information content (AvgIpc) is 3.16. The normalized spacial score (nSPS) is 16.3. The van der Waals surface area contributed by atoms with Crippen molar-refractivity contribution >= 4 is 33.3 Å². The molecule has 0 unspecified atom stereocenters. The third-order valence-corrected chi connectivity index (χ3v) is 6.25. The lowest BCUT2D eigenvalue weighted by atomic mass is 10.2. The second-order valence-corrected chi connectivity index (χ2v) is 9.19. The molecule has 0 bridgehead atoms. The van der Waals surface area contributed by atoms with Gasteiger partial charge in [0.05, 0.1) is 28.7 Å². The van der Waals surface area contributed by atoms with E-state index in [0.29, 0.717) is 18.1 Å². The predicted octanol–water partition coefficient (Wildman–Crippen LogP) is 2.22. The maximum absolute atomic E-state index is 12.1. The van der Waals surface area contributed by atoms with Crippen LogP contribution in [0.4, 0.5) is 5.69 Å². The Morgan fingerprint density at radius 1 is 1.25 bits per heavy atom. The number of thioether (sulfide) groups is 1. The van der Waals surface area contributed by atoms with Crippen molar-refractivity contribution < 1.29 is 17.8 Å². The first-order valence-electron chi connectivity index (χ1n) is 8.42. The Morgan fingerprint density at radius 2 is 2.00 bits per heavy atom. The van der Waals surface area contributed by atoms with Crippen molar-refractivity contribution in [3.8, 4) is 0 Å². The molecule has 1 aliphatic rings. The zero-order valence-corrected chi connectivity index (χ0v) is 17.0. The van der Waals surface area contributed by atoms with Gasteiger partial charge in [0.1, 0.15) is 17.4 Å². The molecule has 0 aliphatic carbocycles. The molecular weight excluding hydrogens is 404 g/mol. The third-order valence-electron chi connectivity index (χ3n) is 3.89. The van der Waals surface area contributed by atoms with Crippen molar-refractivity contribution in [3.63, 3.8) is 0 Å². The highest BCUT2D eigenvalue weighted by Gasteiger charge is 2.32. The summed E-state index contributed by atoms with van der Waals surface area (Å²) in [5, 5.41) is 10.9. The number of nitro groups is 1. The fourth-order valence-corrected chi connectivity index (χ4v) is 4.65. The van der Waals surface area contributed by atoms with Gasteiger partial charge in [0.25, 0.3) is 15.7 Å². The molecule has 2 aromatic rings. The minimum Gasteiger partial charge on any atom is -0.464 e. The minimum absolute atomic E-state index is 0.00788. The van der Waals surface area contributed by atoms with E-state index in [2.05, 4.69) is 9.71 Å². The summed E-state index contributed by atoms with van der Waals surface area (Å²) >= 11 is 1.61. The van der Waals surface area contributed by atoms with E-state index < -0.39 is 14.9 Å². The molecule has 2 heterocycles. The van der Waals surface area contributed by atoms with E-state index in [0.717, 1.165) is 18.1 Å². The van der Waals surface area contributed by atoms with Gasteiger partial charge in [0.15, 0.2) is 0 Å². The summed E-state index contributed by atoms with van der Waals surface area (Å²) in [6, 6.07) is 7.53. The van der Waals surface area contributed by atoms with E-state index in [1.54, 1.807) is 11.8 Å². The topological polar surface area (TPSA) is 118 Å². The number of non-ortho nitro benzene ring substituents is 1. The molecule has 1 aliphatic heterocycles. The summed E-state index contributed by atoms with van der Waals surface area (Å²) in [7, 11) is 0.225. The van der Waals surface area contributed by atoms with Crippen LogP contribution in [0.3, 0.4) is 0 Å². The Hall–Kier alpha value is -2.37. The summed E-state index contributed by atoms with van der Waals surface area (Å²) < 4.78 is 32.3. The van der Waals surface area contributed by atoms with E-state index in [1.165, 1.54) is 18.2 Å². The van der Waals surface area contributed by atoms with E-state index in [4.69, 9.17) is 4.42 Å². The van der Waals surface area contributed by atoms with Crippen LogP contribution in [0.1, 0.15) is 17.1 Å². The van der Waals surface area contributed by atoms with Crippen LogP contribution >= 0.6 is 11.8 Å². The smallest absolute Gasteiger partial charge is 0.270 e. The van der Waals surface area contributed by atoms with Crippen molar-refractivity contribution in [3.05, 3.63) is 57.5 Å². The summed E-state index contributed by atoms with van der Waals surface area (Å²) in [5.41, 5.74) is 0.0598.